The molecule has 0 heterocycles. The van der Waals surface area contributed by atoms with Crippen molar-refractivity contribution in [3.05, 3.63) is 53.6 Å². The Hall–Kier alpha value is -2.09. The van der Waals surface area contributed by atoms with Crippen molar-refractivity contribution < 1.29 is 17.9 Å². The molecule has 0 radical (unpaired) electrons. The maximum Gasteiger partial charge on any atom is 0.265 e. The zero-order valence-electron chi connectivity index (χ0n) is 16.2. The SMILES string of the molecule is CC[C@@H](Oc1cccc(Cl)c1)C(=O)Nc1ccc(S(=O)(=O)N(CC)CC)cc1. The number of nitrogens with zero attached hydrogens (tertiary/aromatic N) is 1. The van der Waals surface area contributed by atoms with Crippen LogP contribution in [0.4, 0.5) is 5.69 Å². The minimum atomic E-state index is -3.53. The number of carbonyl (C=O) groups is 1. The first-order valence-electron chi connectivity index (χ1n) is 9.15. The summed E-state index contributed by atoms with van der Waals surface area (Å²) >= 11 is 5.94. The van der Waals surface area contributed by atoms with E-state index in [0.717, 1.165) is 0 Å². The average molecular weight is 425 g/mol. The lowest BCUT2D eigenvalue weighted by Crippen LogP contribution is -2.32. The fraction of sp³-hybridized carbons (Fsp3) is 0.350. The lowest BCUT2D eigenvalue weighted by atomic mass is 10.2. The van der Waals surface area contributed by atoms with Crippen LogP contribution in [0.15, 0.2) is 53.4 Å². The van der Waals surface area contributed by atoms with Crippen molar-refractivity contribution in [3.8, 4) is 5.75 Å². The van der Waals surface area contributed by atoms with Crippen LogP contribution in [0, 0.1) is 0 Å². The van der Waals surface area contributed by atoms with E-state index < -0.39 is 16.1 Å². The molecule has 2 aromatic rings. The minimum absolute atomic E-state index is 0.191. The highest BCUT2D eigenvalue weighted by Gasteiger charge is 2.22. The normalized spacial score (nSPS) is 12.6. The van der Waals surface area contributed by atoms with Crippen LogP contribution in [0.2, 0.25) is 5.02 Å². The number of amides is 1. The quantitative estimate of drug-likeness (QED) is 0.655. The smallest absolute Gasteiger partial charge is 0.265 e. The number of hydrogen-bond donors (Lipinski definition) is 1. The molecule has 0 unspecified atom stereocenters. The van der Waals surface area contributed by atoms with Crippen molar-refractivity contribution in [1.29, 1.82) is 0 Å². The van der Waals surface area contributed by atoms with E-state index in [0.29, 0.717) is 36.0 Å². The zero-order valence-corrected chi connectivity index (χ0v) is 17.8. The maximum absolute atomic E-state index is 12.5. The van der Waals surface area contributed by atoms with E-state index in [1.165, 1.54) is 16.4 Å². The van der Waals surface area contributed by atoms with Gasteiger partial charge in [-0.3, -0.25) is 4.79 Å². The molecule has 28 heavy (non-hydrogen) atoms. The van der Waals surface area contributed by atoms with Crippen LogP contribution in [-0.2, 0) is 14.8 Å². The predicted octanol–water partition coefficient (Wildman–Crippen LogP) is 4.17. The Labute approximate surface area is 171 Å². The van der Waals surface area contributed by atoms with Crippen LogP contribution in [0.5, 0.6) is 5.75 Å². The molecule has 0 aliphatic heterocycles. The molecular weight excluding hydrogens is 400 g/mol. The number of hydrogen-bond acceptors (Lipinski definition) is 4. The Morgan fingerprint density at radius 3 is 2.29 bits per heavy atom. The van der Waals surface area contributed by atoms with E-state index in [-0.39, 0.29) is 10.8 Å². The van der Waals surface area contributed by atoms with E-state index in [2.05, 4.69) is 5.32 Å². The number of carbonyl (C=O) groups excluding carboxylic acids is 1. The number of nitrogens with one attached hydrogen (secondary N) is 1. The van der Waals surface area contributed by atoms with Crippen LogP contribution in [0.25, 0.3) is 0 Å². The molecule has 1 atom stereocenters. The van der Waals surface area contributed by atoms with Crippen molar-refractivity contribution >= 4 is 33.2 Å². The fourth-order valence-electron chi connectivity index (χ4n) is 2.67. The Balaban J connectivity index is 2.09. The van der Waals surface area contributed by atoms with E-state index in [1.54, 1.807) is 50.2 Å². The summed E-state index contributed by atoms with van der Waals surface area (Å²) in [5, 5.41) is 3.28. The first kappa shape index (κ1) is 22.2. The monoisotopic (exact) mass is 424 g/mol. The summed E-state index contributed by atoms with van der Waals surface area (Å²) in [7, 11) is -3.53. The van der Waals surface area contributed by atoms with Crippen LogP contribution >= 0.6 is 11.6 Å². The topological polar surface area (TPSA) is 75.7 Å². The van der Waals surface area contributed by atoms with Gasteiger partial charge in [0.1, 0.15) is 5.75 Å². The van der Waals surface area contributed by atoms with Crippen molar-refractivity contribution in [3.63, 3.8) is 0 Å². The highest BCUT2D eigenvalue weighted by atomic mass is 35.5. The van der Waals surface area contributed by atoms with Gasteiger partial charge in [0, 0.05) is 23.8 Å². The largest absolute Gasteiger partial charge is 0.481 e. The van der Waals surface area contributed by atoms with Gasteiger partial charge in [-0.15, -0.1) is 0 Å². The maximum atomic E-state index is 12.5. The fourth-order valence-corrected chi connectivity index (χ4v) is 4.31. The molecule has 0 saturated carbocycles. The molecular formula is C20H25ClN2O4S. The Bertz CT molecular complexity index is 897. The van der Waals surface area contributed by atoms with Gasteiger partial charge in [0.25, 0.3) is 5.91 Å². The van der Waals surface area contributed by atoms with Gasteiger partial charge < -0.3 is 10.1 Å². The summed E-state index contributed by atoms with van der Waals surface area (Å²) < 4.78 is 32.1. The lowest BCUT2D eigenvalue weighted by Gasteiger charge is -2.19. The molecule has 6 nitrogen and oxygen atoms in total. The molecule has 0 aromatic heterocycles. The highest BCUT2D eigenvalue weighted by molar-refractivity contribution is 7.89. The van der Waals surface area contributed by atoms with Gasteiger partial charge in [0.05, 0.1) is 4.90 Å². The summed E-state index contributed by atoms with van der Waals surface area (Å²) in [6.45, 7) is 6.22. The summed E-state index contributed by atoms with van der Waals surface area (Å²) in [5.74, 6) is 0.192. The van der Waals surface area contributed by atoms with Crippen molar-refractivity contribution in [1.82, 2.24) is 4.31 Å². The van der Waals surface area contributed by atoms with Crippen LogP contribution < -0.4 is 10.1 Å². The summed E-state index contributed by atoms with van der Waals surface area (Å²) in [6.07, 6.45) is -0.232. The highest BCUT2D eigenvalue weighted by Crippen LogP contribution is 2.21. The van der Waals surface area contributed by atoms with Gasteiger partial charge >= 0.3 is 0 Å². The van der Waals surface area contributed by atoms with Crippen molar-refractivity contribution in [2.24, 2.45) is 0 Å². The molecule has 0 aliphatic carbocycles. The number of halogens is 1. The molecule has 0 bridgehead atoms. The zero-order chi connectivity index (χ0) is 20.7. The third kappa shape index (κ3) is 5.47. The van der Waals surface area contributed by atoms with E-state index >= 15 is 0 Å². The third-order valence-corrected chi connectivity index (χ3v) is 6.50. The number of anilines is 1. The Morgan fingerprint density at radius 2 is 1.75 bits per heavy atom. The van der Waals surface area contributed by atoms with Crippen LogP contribution in [-0.4, -0.2) is 37.8 Å². The standard InChI is InChI=1S/C20H25ClN2O4S/c1-4-19(27-17-9-7-8-15(21)14-17)20(24)22-16-10-12-18(13-11-16)28(25,26)23(5-2)6-3/h7-14,19H,4-6H2,1-3H3,(H,22,24)/t19-/m1/s1. The molecule has 2 aromatic carbocycles. The van der Waals surface area contributed by atoms with Gasteiger partial charge in [-0.1, -0.05) is 38.4 Å². The Morgan fingerprint density at radius 1 is 1.11 bits per heavy atom. The van der Waals surface area contributed by atoms with Gasteiger partial charge in [-0.2, -0.15) is 4.31 Å². The molecule has 1 amide bonds. The van der Waals surface area contributed by atoms with Crippen molar-refractivity contribution in [2.45, 2.75) is 38.2 Å². The second-order valence-corrected chi connectivity index (χ2v) is 8.45. The first-order valence-corrected chi connectivity index (χ1v) is 11.0. The number of benzene rings is 2. The summed E-state index contributed by atoms with van der Waals surface area (Å²) in [4.78, 5) is 12.7. The van der Waals surface area contributed by atoms with Crippen LogP contribution in [0.1, 0.15) is 27.2 Å². The second kappa shape index (κ2) is 9.91. The van der Waals surface area contributed by atoms with Gasteiger partial charge in [-0.05, 0) is 48.9 Å². The predicted molar refractivity (Wildman–Crippen MR) is 111 cm³/mol. The number of sulfonamides is 1. The number of rotatable bonds is 9. The molecule has 8 heteroatoms. The first-order chi connectivity index (χ1) is 13.3. The van der Waals surface area contributed by atoms with E-state index in [9.17, 15) is 13.2 Å². The molecule has 0 saturated heterocycles. The number of ether oxygens (including phenoxy) is 1. The summed E-state index contributed by atoms with van der Waals surface area (Å²) in [5.41, 5.74) is 0.497. The summed E-state index contributed by atoms with van der Waals surface area (Å²) in [6, 6.07) is 13.0. The average Bonchev–Trinajstić information content (AvgIpc) is 2.67. The van der Waals surface area contributed by atoms with Crippen molar-refractivity contribution in [2.75, 3.05) is 18.4 Å². The molecule has 2 rings (SSSR count). The van der Waals surface area contributed by atoms with Crippen LogP contribution in [0.3, 0.4) is 0 Å². The Kier molecular flexibility index (Phi) is 7.86. The minimum Gasteiger partial charge on any atom is -0.481 e. The van der Waals surface area contributed by atoms with Gasteiger partial charge in [0.15, 0.2) is 6.10 Å². The molecule has 1 N–H and O–H groups in total. The second-order valence-electron chi connectivity index (χ2n) is 6.08. The van der Waals surface area contributed by atoms with Gasteiger partial charge in [0.2, 0.25) is 10.0 Å². The van der Waals surface area contributed by atoms with E-state index in [1.807, 2.05) is 6.92 Å². The third-order valence-electron chi connectivity index (χ3n) is 4.20. The van der Waals surface area contributed by atoms with E-state index in [4.69, 9.17) is 16.3 Å². The molecule has 0 spiro atoms. The van der Waals surface area contributed by atoms with Gasteiger partial charge in [-0.25, -0.2) is 8.42 Å². The molecule has 0 aliphatic rings. The molecule has 0 fully saturated rings. The lowest BCUT2D eigenvalue weighted by molar-refractivity contribution is -0.122. The molecule has 152 valence electrons.